The molecule has 0 radical (unpaired) electrons. The quantitative estimate of drug-likeness (QED) is 0.750. The Hall–Kier alpha value is -2.53. The van der Waals surface area contributed by atoms with Crippen LogP contribution in [0, 0.1) is 0 Å². The van der Waals surface area contributed by atoms with Crippen LogP contribution in [0.25, 0.3) is 11.3 Å². The van der Waals surface area contributed by atoms with Crippen LogP contribution in [0.1, 0.15) is 15.5 Å². The second-order valence-electron chi connectivity index (χ2n) is 4.53. The molecule has 0 saturated carbocycles. The number of nitrogens with zero attached hydrogens (tertiary/aromatic N) is 2. The van der Waals surface area contributed by atoms with Gasteiger partial charge in [-0.05, 0) is 12.1 Å². The van der Waals surface area contributed by atoms with E-state index in [0.717, 1.165) is 16.3 Å². The number of hydrogen-bond acceptors (Lipinski definition) is 5. The summed E-state index contributed by atoms with van der Waals surface area (Å²) in [6.07, 6.45) is 1.79. The molecule has 3 rings (SSSR count). The highest BCUT2D eigenvalue weighted by atomic mass is 32.1. The molecule has 3 aromatic rings. The Morgan fingerprint density at radius 2 is 1.95 bits per heavy atom. The zero-order valence-corrected chi connectivity index (χ0v) is 12.0. The summed E-state index contributed by atoms with van der Waals surface area (Å²) in [5.41, 5.74) is 8.42. The van der Waals surface area contributed by atoms with Gasteiger partial charge >= 0.3 is 0 Å². The third-order valence-electron chi connectivity index (χ3n) is 3.04. The number of ketones is 1. The second-order valence-corrected chi connectivity index (χ2v) is 5.48. The van der Waals surface area contributed by atoms with Crippen LogP contribution < -0.4 is 5.73 Å². The Morgan fingerprint density at radius 1 is 1.14 bits per heavy atom. The minimum atomic E-state index is -0.109. The van der Waals surface area contributed by atoms with E-state index in [1.54, 1.807) is 18.3 Å². The Balaban J connectivity index is 1.79. The Kier molecular flexibility index (Phi) is 3.75. The number of carbonyl (C=O) groups is 1. The minimum absolute atomic E-state index is 0.109. The van der Waals surface area contributed by atoms with Crippen LogP contribution in [0.15, 0.2) is 54.0 Å². The number of pyridine rings is 1. The molecule has 104 valence electrons. The van der Waals surface area contributed by atoms with Gasteiger partial charge in [0.05, 0.1) is 17.8 Å². The van der Waals surface area contributed by atoms with E-state index in [9.17, 15) is 4.79 Å². The Morgan fingerprint density at radius 3 is 2.71 bits per heavy atom. The highest BCUT2D eigenvalue weighted by Crippen LogP contribution is 2.22. The van der Waals surface area contributed by atoms with Crippen molar-refractivity contribution in [3.63, 3.8) is 0 Å². The molecule has 0 unspecified atom stereocenters. The van der Waals surface area contributed by atoms with Crippen molar-refractivity contribution in [2.45, 2.75) is 6.42 Å². The normalized spacial score (nSPS) is 10.5. The molecule has 0 aliphatic heterocycles. The fourth-order valence-electron chi connectivity index (χ4n) is 2.01. The summed E-state index contributed by atoms with van der Waals surface area (Å²) >= 11 is 1.47. The van der Waals surface area contributed by atoms with Crippen molar-refractivity contribution in [1.29, 1.82) is 0 Å². The summed E-state index contributed by atoms with van der Waals surface area (Å²) < 4.78 is 0. The van der Waals surface area contributed by atoms with Crippen molar-refractivity contribution in [2.75, 3.05) is 5.73 Å². The van der Waals surface area contributed by atoms with Crippen molar-refractivity contribution in [1.82, 2.24) is 9.97 Å². The molecule has 21 heavy (non-hydrogen) atoms. The van der Waals surface area contributed by atoms with Crippen LogP contribution >= 0.6 is 11.3 Å². The molecule has 0 aliphatic rings. The first-order chi connectivity index (χ1) is 10.2. The summed E-state index contributed by atoms with van der Waals surface area (Å²) in [4.78, 5) is 20.8. The van der Waals surface area contributed by atoms with E-state index in [2.05, 4.69) is 9.97 Å². The number of thiazole rings is 1. The molecule has 0 saturated heterocycles. The van der Waals surface area contributed by atoms with Gasteiger partial charge in [0.15, 0.2) is 5.78 Å². The maximum atomic E-state index is 12.2. The summed E-state index contributed by atoms with van der Waals surface area (Å²) in [5.74, 6) is -0.109. The van der Waals surface area contributed by atoms with E-state index in [-0.39, 0.29) is 12.2 Å². The Bertz CT molecular complexity index is 768. The molecule has 0 spiro atoms. The smallest absolute Gasteiger partial charge is 0.190 e. The zero-order chi connectivity index (χ0) is 14.7. The molecule has 2 aromatic heterocycles. The van der Waals surface area contributed by atoms with Crippen LogP contribution in [0.4, 0.5) is 5.69 Å². The van der Waals surface area contributed by atoms with Gasteiger partial charge in [0.25, 0.3) is 0 Å². The first-order valence-corrected chi connectivity index (χ1v) is 7.35. The number of nitrogens with two attached hydrogens (primary N) is 1. The van der Waals surface area contributed by atoms with Gasteiger partial charge in [0, 0.05) is 17.1 Å². The van der Waals surface area contributed by atoms with Crippen molar-refractivity contribution < 1.29 is 4.79 Å². The molecular formula is C16H13N3OS. The number of hydrogen-bond donors (Lipinski definition) is 1. The standard InChI is InChI=1S/C16H13N3OS/c17-12-7-4-8-18-16(12)14(20)9-15-19-13(10-21-15)11-5-2-1-3-6-11/h1-8,10H,9,17H2. The maximum absolute atomic E-state index is 12.2. The molecule has 0 amide bonds. The molecule has 2 N–H and O–H groups in total. The van der Waals surface area contributed by atoms with Gasteiger partial charge in [0.2, 0.25) is 0 Å². The van der Waals surface area contributed by atoms with E-state index in [1.165, 1.54) is 11.3 Å². The number of carbonyl (C=O) groups excluding carboxylic acids is 1. The van der Waals surface area contributed by atoms with E-state index in [1.807, 2.05) is 35.7 Å². The first kappa shape index (κ1) is 13.5. The monoisotopic (exact) mass is 295 g/mol. The summed E-state index contributed by atoms with van der Waals surface area (Å²) in [6, 6.07) is 13.3. The lowest BCUT2D eigenvalue weighted by atomic mass is 10.1. The van der Waals surface area contributed by atoms with Gasteiger partial charge in [-0.1, -0.05) is 30.3 Å². The van der Waals surface area contributed by atoms with E-state index in [4.69, 9.17) is 5.73 Å². The maximum Gasteiger partial charge on any atom is 0.190 e. The average molecular weight is 295 g/mol. The minimum Gasteiger partial charge on any atom is -0.397 e. The lowest BCUT2D eigenvalue weighted by molar-refractivity contribution is 0.0989. The van der Waals surface area contributed by atoms with Crippen molar-refractivity contribution in [2.24, 2.45) is 0 Å². The summed E-state index contributed by atoms with van der Waals surface area (Å²) in [7, 11) is 0. The second kappa shape index (κ2) is 5.85. The van der Waals surface area contributed by atoms with E-state index >= 15 is 0 Å². The molecule has 0 aliphatic carbocycles. The number of anilines is 1. The zero-order valence-electron chi connectivity index (χ0n) is 11.2. The van der Waals surface area contributed by atoms with Gasteiger partial charge in [-0.25, -0.2) is 4.98 Å². The third-order valence-corrected chi connectivity index (χ3v) is 3.88. The third kappa shape index (κ3) is 2.98. The van der Waals surface area contributed by atoms with Crippen LogP contribution in [-0.2, 0) is 6.42 Å². The summed E-state index contributed by atoms with van der Waals surface area (Å²) in [5, 5.41) is 2.73. The van der Waals surface area contributed by atoms with Crippen LogP contribution in [0.5, 0.6) is 0 Å². The highest BCUT2D eigenvalue weighted by molar-refractivity contribution is 7.10. The van der Waals surface area contributed by atoms with Crippen molar-refractivity contribution in [3.8, 4) is 11.3 Å². The van der Waals surface area contributed by atoms with Gasteiger partial charge < -0.3 is 5.73 Å². The largest absolute Gasteiger partial charge is 0.397 e. The number of nitrogen functional groups attached to an aromatic ring is 1. The van der Waals surface area contributed by atoms with Crippen molar-refractivity contribution in [3.05, 3.63) is 64.7 Å². The molecule has 4 nitrogen and oxygen atoms in total. The van der Waals surface area contributed by atoms with E-state index in [0.29, 0.717) is 11.4 Å². The fraction of sp³-hybridized carbons (Fsp3) is 0.0625. The van der Waals surface area contributed by atoms with Gasteiger partial charge in [-0.3, -0.25) is 9.78 Å². The molecule has 0 atom stereocenters. The first-order valence-electron chi connectivity index (χ1n) is 6.47. The lowest BCUT2D eigenvalue weighted by Gasteiger charge is -2.01. The molecule has 2 heterocycles. The molecule has 0 bridgehead atoms. The van der Waals surface area contributed by atoms with Crippen LogP contribution in [0.3, 0.4) is 0 Å². The topological polar surface area (TPSA) is 68.9 Å². The lowest BCUT2D eigenvalue weighted by Crippen LogP contribution is -2.09. The van der Waals surface area contributed by atoms with E-state index < -0.39 is 0 Å². The number of Topliss-reactive ketones (excluding diaryl/α,β-unsaturated/α-hetero) is 1. The molecule has 5 heteroatoms. The Labute approximate surface area is 126 Å². The SMILES string of the molecule is Nc1cccnc1C(=O)Cc1nc(-c2ccccc2)cs1. The molecular weight excluding hydrogens is 282 g/mol. The predicted molar refractivity (Wildman–Crippen MR) is 84.2 cm³/mol. The summed E-state index contributed by atoms with van der Waals surface area (Å²) in [6.45, 7) is 0. The van der Waals surface area contributed by atoms with Crippen LogP contribution in [-0.4, -0.2) is 15.8 Å². The number of aromatic nitrogens is 2. The van der Waals surface area contributed by atoms with Crippen molar-refractivity contribution >= 4 is 22.8 Å². The highest BCUT2D eigenvalue weighted by Gasteiger charge is 2.14. The van der Waals surface area contributed by atoms with Crippen LogP contribution in [0.2, 0.25) is 0 Å². The number of rotatable bonds is 4. The van der Waals surface area contributed by atoms with Gasteiger partial charge in [-0.2, -0.15) is 0 Å². The average Bonchev–Trinajstić information content (AvgIpc) is 2.97. The molecule has 0 fully saturated rings. The van der Waals surface area contributed by atoms with Gasteiger partial charge in [-0.15, -0.1) is 11.3 Å². The predicted octanol–water partition coefficient (Wildman–Crippen LogP) is 3.21. The number of benzene rings is 1. The van der Waals surface area contributed by atoms with Gasteiger partial charge in [0.1, 0.15) is 10.7 Å². The fourth-order valence-corrected chi connectivity index (χ4v) is 2.81. The molecule has 1 aromatic carbocycles.